The van der Waals surface area contributed by atoms with E-state index in [-0.39, 0.29) is 5.41 Å². The van der Waals surface area contributed by atoms with Crippen molar-refractivity contribution >= 4 is 22.5 Å². The third-order valence-electron chi connectivity index (χ3n) is 4.59. The Hall–Kier alpha value is -3.08. The number of amides is 1. The Morgan fingerprint density at radius 2 is 1.78 bits per heavy atom. The second-order valence-corrected chi connectivity index (χ2v) is 7.83. The van der Waals surface area contributed by atoms with Crippen LogP contribution in [0.3, 0.4) is 0 Å². The summed E-state index contributed by atoms with van der Waals surface area (Å²) < 4.78 is 1.96. The minimum Gasteiger partial charge on any atom is -0.372 e. The molecule has 0 saturated carbocycles. The van der Waals surface area contributed by atoms with Crippen molar-refractivity contribution in [3.8, 4) is 0 Å². The highest BCUT2D eigenvalue weighted by molar-refractivity contribution is 5.91. The molecule has 0 bridgehead atoms. The highest BCUT2D eigenvalue weighted by Gasteiger charge is 2.30. The molecule has 0 saturated heterocycles. The van der Waals surface area contributed by atoms with Crippen LogP contribution in [0.25, 0.3) is 16.6 Å². The molecule has 0 aliphatic heterocycles. The van der Waals surface area contributed by atoms with Gasteiger partial charge in [0.1, 0.15) is 11.7 Å². The van der Waals surface area contributed by atoms with E-state index in [4.69, 9.17) is 10.8 Å². The van der Waals surface area contributed by atoms with Crippen molar-refractivity contribution in [3.63, 3.8) is 0 Å². The first-order valence-corrected chi connectivity index (χ1v) is 9.02. The van der Waals surface area contributed by atoms with Crippen LogP contribution in [0, 0.1) is 5.41 Å². The van der Waals surface area contributed by atoms with Crippen molar-refractivity contribution in [1.29, 1.82) is 0 Å². The standard InChI is InChI=1S/C22H26N4O/c1-15(24-20(21(23)27)22(2,3)4)19-17-12-8-9-13-18(17)26(25-19)14-16-10-6-5-7-11-16/h5-13,20,24H,1,14H2,2-4H3,(H2,23,27). The zero-order valence-electron chi connectivity index (χ0n) is 16.1. The number of hydrogen-bond acceptors (Lipinski definition) is 3. The fourth-order valence-corrected chi connectivity index (χ4v) is 3.18. The van der Waals surface area contributed by atoms with E-state index < -0.39 is 11.9 Å². The van der Waals surface area contributed by atoms with E-state index in [2.05, 4.69) is 24.0 Å². The van der Waals surface area contributed by atoms with Crippen molar-refractivity contribution in [1.82, 2.24) is 15.1 Å². The van der Waals surface area contributed by atoms with Gasteiger partial charge in [0.05, 0.1) is 17.8 Å². The third kappa shape index (κ3) is 4.03. The number of nitrogens with zero attached hydrogens (tertiary/aromatic N) is 2. The van der Waals surface area contributed by atoms with Crippen LogP contribution in [0.15, 0.2) is 61.2 Å². The topological polar surface area (TPSA) is 72.9 Å². The Kier molecular flexibility index (Phi) is 5.04. The summed E-state index contributed by atoms with van der Waals surface area (Å²) in [6.45, 7) is 10.7. The molecule has 3 N–H and O–H groups in total. The molecule has 1 amide bonds. The number of nitrogens with one attached hydrogen (secondary N) is 1. The number of fused-ring (bicyclic) bond motifs is 1. The summed E-state index contributed by atoms with van der Waals surface area (Å²) in [6, 6.07) is 17.7. The molecule has 1 atom stereocenters. The molecule has 3 aromatic rings. The Labute approximate surface area is 159 Å². The number of aromatic nitrogens is 2. The quantitative estimate of drug-likeness (QED) is 0.704. The minimum atomic E-state index is -0.539. The van der Waals surface area contributed by atoms with Gasteiger partial charge in [-0.05, 0) is 17.0 Å². The summed E-state index contributed by atoms with van der Waals surface area (Å²) >= 11 is 0. The van der Waals surface area contributed by atoms with Gasteiger partial charge in [0.15, 0.2) is 0 Å². The van der Waals surface area contributed by atoms with Gasteiger partial charge in [0.2, 0.25) is 5.91 Å². The van der Waals surface area contributed by atoms with Crippen LogP contribution in [-0.4, -0.2) is 21.7 Å². The summed E-state index contributed by atoms with van der Waals surface area (Å²) in [6.07, 6.45) is 0. The number of carbonyl (C=O) groups is 1. The zero-order chi connectivity index (χ0) is 19.6. The number of nitrogens with two attached hydrogens (primary N) is 1. The van der Waals surface area contributed by atoms with E-state index in [9.17, 15) is 4.79 Å². The van der Waals surface area contributed by atoms with Crippen LogP contribution in [0.1, 0.15) is 32.0 Å². The molecular weight excluding hydrogens is 336 g/mol. The monoisotopic (exact) mass is 362 g/mol. The fraction of sp³-hybridized carbons (Fsp3) is 0.273. The minimum absolute atomic E-state index is 0.336. The molecule has 0 fully saturated rings. The van der Waals surface area contributed by atoms with Crippen molar-refractivity contribution in [2.75, 3.05) is 0 Å². The largest absolute Gasteiger partial charge is 0.372 e. The molecule has 0 aliphatic carbocycles. The third-order valence-corrected chi connectivity index (χ3v) is 4.59. The number of hydrogen-bond donors (Lipinski definition) is 2. The molecule has 1 aromatic heterocycles. The molecule has 2 aromatic carbocycles. The van der Waals surface area contributed by atoms with E-state index in [0.29, 0.717) is 12.2 Å². The smallest absolute Gasteiger partial charge is 0.240 e. The van der Waals surface area contributed by atoms with Gasteiger partial charge in [-0.15, -0.1) is 0 Å². The number of primary amides is 1. The van der Waals surface area contributed by atoms with Crippen molar-refractivity contribution in [2.45, 2.75) is 33.4 Å². The van der Waals surface area contributed by atoms with Crippen molar-refractivity contribution < 1.29 is 4.79 Å². The van der Waals surface area contributed by atoms with Gasteiger partial charge in [0.25, 0.3) is 0 Å². The van der Waals surface area contributed by atoms with E-state index in [1.54, 1.807) is 0 Å². The lowest BCUT2D eigenvalue weighted by Crippen LogP contribution is -2.48. The average molecular weight is 362 g/mol. The van der Waals surface area contributed by atoms with Gasteiger partial charge in [-0.2, -0.15) is 5.10 Å². The molecule has 1 unspecified atom stereocenters. The first kappa shape index (κ1) is 18.7. The SMILES string of the molecule is C=C(NC(C(N)=O)C(C)(C)C)c1nn(Cc2ccccc2)c2ccccc12. The predicted octanol–water partition coefficient (Wildman–Crippen LogP) is 3.54. The van der Waals surface area contributed by atoms with E-state index in [1.807, 2.05) is 67.9 Å². The van der Waals surface area contributed by atoms with E-state index >= 15 is 0 Å². The molecule has 3 rings (SSSR count). The van der Waals surface area contributed by atoms with Gasteiger partial charge in [-0.1, -0.05) is 75.9 Å². The van der Waals surface area contributed by atoms with Crippen LogP contribution in [0.4, 0.5) is 0 Å². The fourth-order valence-electron chi connectivity index (χ4n) is 3.18. The summed E-state index contributed by atoms with van der Waals surface area (Å²) in [4.78, 5) is 11.9. The van der Waals surface area contributed by atoms with E-state index in [0.717, 1.165) is 16.6 Å². The van der Waals surface area contributed by atoms with Gasteiger partial charge in [-0.3, -0.25) is 9.48 Å². The summed E-state index contributed by atoms with van der Waals surface area (Å²) in [7, 11) is 0. The highest BCUT2D eigenvalue weighted by Crippen LogP contribution is 2.26. The Bertz CT molecular complexity index is 967. The van der Waals surface area contributed by atoms with Crippen molar-refractivity contribution in [3.05, 3.63) is 72.4 Å². The maximum atomic E-state index is 11.9. The summed E-state index contributed by atoms with van der Waals surface area (Å²) in [5.74, 6) is -0.406. The number of rotatable bonds is 6. The number of carbonyl (C=O) groups excluding carboxylic acids is 1. The van der Waals surface area contributed by atoms with Crippen LogP contribution in [0.2, 0.25) is 0 Å². The maximum Gasteiger partial charge on any atom is 0.240 e. The normalized spacial score (nSPS) is 12.7. The van der Waals surface area contributed by atoms with Crippen LogP contribution in [-0.2, 0) is 11.3 Å². The van der Waals surface area contributed by atoms with Crippen LogP contribution >= 0.6 is 0 Å². The Morgan fingerprint density at radius 3 is 2.41 bits per heavy atom. The van der Waals surface area contributed by atoms with E-state index in [1.165, 1.54) is 5.56 Å². The lowest BCUT2D eigenvalue weighted by Gasteiger charge is -2.30. The molecule has 0 aliphatic rings. The molecule has 5 nitrogen and oxygen atoms in total. The molecule has 1 heterocycles. The summed E-state index contributed by atoms with van der Waals surface area (Å²) in [5.41, 5.74) is 8.78. The Morgan fingerprint density at radius 1 is 1.15 bits per heavy atom. The van der Waals surface area contributed by atoms with Crippen LogP contribution < -0.4 is 11.1 Å². The van der Waals surface area contributed by atoms with Crippen molar-refractivity contribution in [2.24, 2.45) is 11.1 Å². The zero-order valence-corrected chi connectivity index (χ0v) is 16.1. The lowest BCUT2D eigenvalue weighted by atomic mass is 9.86. The molecule has 140 valence electrons. The van der Waals surface area contributed by atoms with Gasteiger partial charge < -0.3 is 11.1 Å². The number of para-hydroxylation sites is 1. The number of benzene rings is 2. The van der Waals surface area contributed by atoms with Crippen LogP contribution in [0.5, 0.6) is 0 Å². The van der Waals surface area contributed by atoms with Gasteiger partial charge in [0, 0.05) is 5.39 Å². The summed E-state index contributed by atoms with van der Waals surface area (Å²) in [5, 5.41) is 8.97. The maximum absolute atomic E-state index is 11.9. The average Bonchev–Trinajstić information content (AvgIpc) is 2.98. The first-order chi connectivity index (χ1) is 12.8. The Balaban J connectivity index is 1.97. The molecule has 5 heteroatoms. The lowest BCUT2D eigenvalue weighted by molar-refractivity contribution is -0.121. The molecule has 0 spiro atoms. The first-order valence-electron chi connectivity index (χ1n) is 9.02. The molecule has 27 heavy (non-hydrogen) atoms. The predicted molar refractivity (Wildman–Crippen MR) is 110 cm³/mol. The van der Waals surface area contributed by atoms with Gasteiger partial charge in [-0.25, -0.2) is 0 Å². The molecule has 0 radical (unpaired) electrons. The second-order valence-electron chi connectivity index (χ2n) is 7.83. The highest BCUT2D eigenvalue weighted by atomic mass is 16.1. The molecular formula is C22H26N4O. The van der Waals surface area contributed by atoms with Gasteiger partial charge >= 0.3 is 0 Å². The second kappa shape index (κ2) is 7.27.